The van der Waals surface area contributed by atoms with E-state index in [2.05, 4.69) is 36.3 Å². The molecular formula is C23H26N2O2. The Bertz CT molecular complexity index is 924. The van der Waals surface area contributed by atoms with Gasteiger partial charge in [0.2, 0.25) is 5.91 Å². The predicted molar refractivity (Wildman–Crippen MR) is 109 cm³/mol. The van der Waals surface area contributed by atoms with E-state index in [1.807, 2.05) is 44.2 Å². The molecule has 3 rings (SSSR count). The molecule has 4 nitrogen and oxygen atoms in total. The second kappa shape index (κ2) is 8.21. The molecule has 0 radical (unpaired) electrons. The lowest BCUT2D eigenvalue weighted by Gasteiger charge is -2.09. The summed E-state index contributed by atoms with van der Waals surface area (Å²) < 4.78 is 5.82. The summed E-state index contributed by atoms with van der Waals surface area (Å²) in [6.07, 6.45) is 2.53. The number of aryl methyl sites for hydroxylation is 2. The zero-order valence-corrected chi connectivity index (χ0v) is 16.4. The Morgan fingerprint density at radius 2 is 1.85 bits per heavy atom. The van der Waals surface area contributed by atoms with Crippen LogP contribution in [0.4, 0.5) is 5.69 Å². The van der Waals surface area contributed by atoms with Gasteiger partial charge in [0, 0.05) is 24.1 Å². The number of carbonyl (C=O) groups excluding carboxylic acids is 1. The number of oxazole rings is 1. The van der Waals surface area contributed by atoms with Crippen LogP contribution in [-0.4, -0.2) is 10.9 Å². The Labute approximate surface area is 160 Å². The SMILES string of the molecule is Cc1cccc(NC(=O)CCc2ncc(-c3ccc(C(C)C)cc3)o2)c1C. The summed E-state index contributed by atoms with van der Waals surface area (Å²) in [6.45, 7) is 8.39. The van der Waals surface area contributed by atoms with Crippen LogP contribution in [0.5, 0.6) is 0 Å². The highest BCUT2D eigenvalue weighted by Gasteiger charge is 2.11. The third-order valence-electron chi connectivity index (χ3n) is 4.86. The minimum Gasteiger partial charge on any atom is -0.441 e. The van der Waals surface area contributed by atoms with Crippen LogP contribution in [0.15, 0.2) is 53.1 Å². The van der Waals surface area contributed by atoms with Gasteiger partial charge in [0.15, 0.2) is 11.7 Å². The number of anilines is 1. The number of nitrogens with one attached hydrogen (secondary N) is 1. The minimum absolute atomic E-state index is 0.0373. The summed E-state index contributed by atoms with van der Waals surface area (Å²) in [5.41, 5.74) is 5.40. The Kier molecular flexibility index (Phi) is 5.75. The van der Waals surface area contributed by atoms with Gasteiger partial charge in [0.25, 0.3) is 0 Å². The van der Waals surface area contributed by atoms with Crippen molar-refractivity contribution >= 4 is 11.6 Å². The number of hydrogen-bond donors (Lipinski definition) is 1. The van der Waals surface area contributed by atoms with E-state index in [-0.39, 0.29) is 5.91 Å². The fourth-order valence-corrected chi connectivity index (χ4v) is 2.91. The van der Waals surface area contributed by atoms with Crippen LogP contribution in [0.1, 0.15) is 48.8 Å². The summed E-state index contributed by atoms with van der Waals surface area (Å²) in [4.78, 5) is 16.6. The fraction of sp³-hybridized carbons (Fsp3) is 0.304. The topological polar surface area (TPSA) is 55.1 Å². The Hall–Kier alpha value is -2.88. The van der Waals surface area contributed by atoms with E-state index < -0.39 is 0 Å². The third kappa shape index (κ3) is 4.64. The highest BCUT2D eigenvalue weighted by atomic mass is 16.4. The molecule has 1 N–H and O–H groups in total. The molecule has 27 heavy (non-hydrogen) atoms. The van der Waals surface area contributed by atoms with E-state index in [1.54, 1.807) is 6.20 Å². The number of nitrogens with zero attached hydrogens (tertiary/aromatic N) is 1. The van der Waals surface area contributed by atoms with Crippen molar-refractivity contribution in [1.29, 1.82) is 0 Å². The summed E-state index contributed by atoms with van der Waals surface area (Å²) in [7, 11) is 0. The number of benzene rings is 2. The van der Waals surface area contributed by atoms with Crippen molar-refractivity contribution < 1.29 is 9.21 Å². The molecule has 4 heteroatoms. The zero-order valence-electron chi connectivity index (χ0n) is 16.4. The molecule has 0 aliphatic heterocycles. The first-order chi connectivity index (χ1) is 12.9. The van der Waals surface area contributed by atoms with Crippen molar-refractivity contribution in [1.82, 2.24) is 4.98 Å². The van der Waals surface area contributed by atoms with Crippen molar-refractivity contribution in [2.75, 3.05) is 5.32 Å². The Morgan fingerprint density at radius 3 is 2.56 bits per heavy atom. The average Bonchev–Trinajstić information content (AvgIpc) is 3.13. The first kappa shape index (κ1) is 18.9. The second-order valence-electron chi connectivity index (χ2n) is 7.19. The molecule has 0 aliphatic rings. The van der Waals surface area contributed by atoms with Crippen molar-refractivity contribution in [3.05, 3.63) is 71.2 Å². The molecule has 0 atom stereocenters. The standard InChI is InChI=1S/C23H26N2O2/c1-15(2)18-8-10-19(11-9-18)21-14-24-23(27-21)13-12-22(26)25-20-7-5-6-16(3)17(20)4/h5-11,14-15H,12-13H2,1-4H3,(H,25,26). The molecule has 0 saturated heterocycles. The van der Waals surface area contributed by atoms with Crippen molar-refractivity contribution in [2.45, 2.75) is 46.5 Å². The van der Waals surface area contributed by atoms with Gasteiger partial charge in [-0.15, -0.1) is 0 Å². The molecule has 0 saturated carbocycles. The van der Waals surface area contributed by atoms with E-state index in [4.69, 9.17) is 4.42 Å². The van der Waals surface area contributed by atoms with Crippen molar-refractivity contribution in [3.63, 3.8) is 0 Å². The number of amides is 1. The van der Waals surface area contributed by atoms with Gasteiger partial charge in [0.05, 0.1) is 6.20 Å². The Balaban J connectivity index is 1.59. The maximum Gasteiger partial charge on any atom is 0.224 e. The summed E-state index contributed by atoms with van der Waals surface area (Å²) in [5.74, 6) is 1.77. The average molecular weight is 362 g/mol. The molecule has 1 heterocycles. The molecule has 1 amide bonds. The van der Waals surface area contributed by atoms with E-state index in [9.17, 15) is 4.79 Å². The first-order valence-electron chi connectivity index (χ1n) is 9.35. The molecule has 0 unspecified atom stereocenters. The van der Waals surface area contributed by atoms with E-state index in [0.29, 0.717) is 24.7 Å². The largest absolute Gasteiger partial charge is 0.441 e. The third-order valence-corrected chi connectivity index (χ3v) is 4.86. The monoisotopic (exact) mass is 362 g/mol. The number of aromatic nitrogens is 1. The molecule has 1 aromatic heterocycles. The van der Waals surface area contributed by atoms with Gasteiger partial charge in [0.1, 0.15) is 0 Å². The molecule has 0 aliphatic carbocycles. The molecular weight excluding hydrogens is 336 g/mol. The molecule has 2 aromatic carbocycles. The fourth-order valence-electron chi connectivity index (χ4n) is 2.91. The van der Waals surface area contributed by atoms with Crippen LogP contribution in [0.2, 0.25) is 0 Å². The number of rotatable bonds is 6. The summed E-state index contributed by atoms with van der Waals surface area (Å²) in [5, 5.41) is 2.97. The van der Waals surface area contributed by atoms with Crippen LogP contribution in [-0.2, 0) is 11.2 Å². The normalized spacial score (nSPS) is 11.0. The van der Waals surface area contributed by atoms with Gasteiger partial charge in [-0.05, 0) is 42.5 Å². The lowest BCUT2D eigenvalue weighted by atomic mass is 10.0. The van der Waals surface area contributed by atoms with Gasteiger partial charge in [-0.1, -0.05) is 50.2 Å². The molecule has 0 bridgehead atoms. The molecule has 0 fully saturated rings. The van der Waals surface area contributed by atoms with E-state index in [1.165, 1.54) is 5.56 Å². The maximum atomic E-state index is 12.2. The van der Waals surface area contributed by atoms with Gasteiger partial charge < -0.3 is 9.73 Å². The first-order valence-corrected chi connectivity index (χ1v) is 9.35. The minimum atomic E-state index is -0.0373. The van der Waals surface area contributed by atoms with Crippen LogP contribution >= 0.6 is 0 Å². The lowest BCUT2D eigenvalue weighted by molar-refractivity contribution is -0.116. The second-order valence-corrected chi connectivity index (χ2v) is 7.19. The lowest BCUT2D eigenvalue weighted by Crippen LogP contribution is -2.13. The van der Waals surface area contributed by atoms with Crippen LogP contribution in [0, 0.1) is 13.8 Å². The van der Waals surface area contributed by atoms with Gasteiger partial charge in [-0.25, -0.2) is 4.98 Å². The number of hydrogen-bond acceptors (Lipinski definition) is 3. The van der Waals surface area contributed by atoms with Crippen molar-refractivity contribution in [2.24, 2.45) is 0 Å². The quantitative estimate of drug-likeness (QED) is 0.616. The smallest absolute Gasteiger partial charge is 0.224 e. The van der Waals surface area contributed by atoms with Crippen LogP contribution < -0.4 is 5.32 Å². The van der Waals surface area contributed by atoms with Gasteiger partial charge >= 0.3 is 0 Å². The summed E-state index contributed by atoms with van der Waals surface area (Å²) in [6, 6.07) is 14.2. The highest BCUT2D eigenvalue weighted by Crippen LogP contribution is 2.24. The molecule has 3 aromatic rings. The van der Waals surface area contributed by atoms with Crippen molar-refractivity contribution in [3.8, 4) is 11.3 Å². The zero-order chi connectivity index (χ0) is 19.4. The van der Waals surface area contributed by atoms with E-state index >= 15 is 0 Å². The van der Waals surface area contributed by atoms with Crippen LogP contribution in [0.3, 0.4) is 0 Å². The van der Waals surface area contributed by atoms with Gasteiger partial charge in [-0.2, -0.15) is 0 Å². The van der Waals surface area contributed by atoms with E-state index in [0.717, 1.165) is 28.1 Å². The highest BCUT2D eigenvalue weighted by molar-refractivity contribution is 5.91. The molecule has 140 valence electrons. The van der Waals surface area contributed by atoms with Crippen LogP contribution in [0.25, 0.3) is 11.3 Å². The molecule has 0 spiro atoms. The van der Waals surface area contributed by atoms with Gasteiger partial charge in [-0.3, -0.25) is 4.79 Å². The summed E-state index contributed by atoms with van der Waals surface area (Å²) >= 11 is 0. The predicted octanol–water partition coefficient (Wildman–Crippen LogP) is 5.65. The Morgan fingerprint density at radius 1 is 1.11 bits per heavy atom. The number of carbonyl (C=O) groups is 1. The maximum absolute atomic E-state index is 12.2.